The van der Waals surface area contributed by atoms with E-state index >= 15 is 0 Å². The van der Waals surface area contributed by atoms with Gasteiger partial charge < -0.3 is 19.1 Å². The van der Waals surface area contributed by atoms with E-state index in [1.807, 2.05) is 0 Å². The van der Waals surface area contributed by atoms with E-state index in [1.165, 1.54) is 30.5 Å². The molecule has 10 heteroatoms. The van der Waals surface area contributed by atoms with E-state index in [2.05, 4.69) is 10.3 Å². The number of benzene rings is 1. The molecule has 9 nitrogen and oxygen atoms in total. The van der Waals surface area contributed by atoms with E-state index in [9.17, 15) is 14.4 Å². The lowest BCUT2D eigenvalue weighted by atomic mass is 10.0. The molecule has 1 aromatic carbocycles. The minimum Gasteiger partial charge on any atom is -0.466 e. The second-order valence-electron chi connectivity index (χ2n) is 5.96. The number of nitrogens with zero attached hydrogens (tertiary/aromatic N) is 2. The number of amides is 1. The summed E-state index contributed by atoms with van der Waals surface area (Å²) in [5.41, 5.74) is 1.58. The lowest BCUT2D eigenvalue weighted by molar-refractivity contribution is -0.140. The van der Waals surface area contributed by atoms with Crippen LogP contribution < -0.4 is 10.2 Å². The summed E-state index contributed by atoms with van der Waals surface area (Å²) in [7, 11) is 2.45. The lowest BCUT2D eigenvalue weighted by Gasteiger charge is -2.32. The number of esters is 2. The average molecular weight is 417 g/mol. The normalized spacial score (nSPS) is 13.8. The minimum absolute atomic E-state index is 0.00329. The number of anilines is 2. The van der Waals surface area contributed by atoms with Gasteiger partial charge in [-0.25, -0.2) is 14.6 Å². The predicted molar refractivity (Wildman–Crippen MR) is 106 cm³/mol. The topological polar surface area (TPSA) is 107 Å². The zero-order valence-electron chi connectivity index (χ0n) is 16.1. The molecule has 0 saturated heterocycles. The Kier molecular flexibility index (Phi) is 6.25. The first-order chi connectivity index (χ1) is 14.0. The van der Waals surface area contributed by atoms with E-state index in [-0.39, 0.29) is 30.5 Å². The fraction of sp³-hybridized carbons (Fsp3) is 0.263. The van der Waals surface area contributed by atoms with Crippen LogP contribution in [0.5, 0.6) is 0 Å². The number of rotatable bonds is 5. The molecule has 0 atom stereocenters. The summed E-state index contributed by atoms with van der Waals surface area (Å²) in [5, 5.41) is 4.96. The molecule has 29 heavy (non-hydrogen) atoms. The number of ether oxygens (including phenoxy) is 3. The summed E-state index contributed by atoms with van der Waals surface area (Å²) in [5.74, 6) is -1.73. The number of hydrogen-bond donors (Lipinski definition) is 1. The Labute approximate surface area is 170 Å². The van der Waals surface area contributed by atoms with Gasteiger partial charge in [0.25, 0.3) is 5.91 Å². The number of hydrogen-bond acceptors (Lipinski definition) is 9. The van der Waals surface area contributed by atoms with E-state index in [1.54, 1.807) is 36.7 Å². The Morgan fingerprint density at radius 1 is 1.21 bits per heavy atom. The van der Waals surface area contributed by atoms with Crippen LogP contribution in [0.25, 0.3) is 0 Å². The van der Waals surface area contributed by atoms with Gasteiger partial charge in [-0.2, -0.15) is 0 Å². The number of thiazole rings is 1. The molecule has 1 N–H and O–H groups in total. The first-order valence-electron chi connectivity index (χ1n) is 8.53. The molecule has 0 fully saturated rings. The quantitative estimate of drug-likeness (QED) is 0.737. The maximum Gasteiger partial charge on any atom is 0.355 e. The Morgan fingerprint density at radius 3 is 2.62 bits per heavy atom. The van der Waals surface area contributed by atoms with Gasteiger partial charge in [0.2, 0.25) is 0 Å². The smallest absolute Gasteiger partial charge is 0.355 e. The molecule has 1 aromatic heterocycles. The third kappa shape index (κ3) is 4.13. The Morgan fingerprint density at radius 2 is 1.97 bits per heavy atom. The molecule has 0 bridgehead atoms. The molecule has 2 aromatic rings. The first-order valence-corrected chi connectivity index (χ1v) is 9.41. The zero-order chi connectivity index (χ0) is 21.0. The number of nitrogens with one attached hydrogen (secondary N) is 1. The zero-order valence-corrected chi connectivity index (χ0v) is 16.9. The summed E-state index contributed by atoms with van der Waals surface area (Å²) in [4.78, 5) is 42.8. The van der Waals surface area contributed by atoms with Gasteiger partial charge in [0.05, 0.1) is 26.4 Å². The monoisotopic (exact) mass is 417 g/mol. The highest BCUT2D eigenvalue weighted by Crippen LogP contribution is 2.31. The molecule has 1 amide bonds. The highest BCUT2D eigenvalue weighted by molar-refractivity contribution is 7.13. The fourth-order valence-corrected chi connectivity index (χ4v) is 3.47. The minimum atomic E-state index is -0.703. The fourth-order valence-electron chi connectivity index (χ4n) is 2.95. The van der Waals surface area contributed by atoms with Crippen LogP contribution in [0.4, 0.5) is 10.8 Å². The van der Waals surface area contributed by atoms with Crippen LogP contribution in [0.3, 0.4) is 0 Å². The predicted octanol–water partition coefficient (Wildman–Crippen LogP) is 2.10. The molecular formula is C19H19N3O6S. The summed E-state index contributed by atoms with van der Waals surface area (Å²) in [6.07, 6.45) is 1.59. The molecule has 152 valence electrons. The SMILES string of the molecule is COC(=O)C1=C(C(=O)OC)N(c2cccc(C(=O)Nc3nccs3)c2C)COC1. The lowest BCUT2D eigenvalue weighted by Crippen LogP contribution is -2.39. The number of methoxy groups -OCH3 is 2. The van der Waals surface area contributed by atoms with Crippen LogP contribution in [0.2, 0.25) is 0 Å². The van der Waals surface area contributed by atoms with Crippen LogP contribution in [-0.2, 0) is 23.8 Å². The van der Waals surface area contributed by atoms with E-state index in [0.29, 0.717) is 21.9 Å². The molecule has 3 rings (SSSR count). The first kappa shape index (κ1) is 20.5. The second kappa shape index (κ2) is 8.84. The maximum atomic E-state index is 12.7. The van der Waals surface area contributed by atoms with Crippen molar-refractivity contribution in [3.05, 3.63) is 52.2 Å². The van der Waals surface area contributed by atoms with Gasteiger partial charge in [0, 0.05) is 22.8 Å². The molecule has 0 saturated carbocycles. The van der Waals surface area contributed by atoms with Gasteiger partial charge >= 0.3 is 11.9 Å². The van der Waals surface area contributed by atoms with Crippen LogP contribution >= 0.6 is 11.3 Å². The molecule has 2 heterocycles. The van der Waals surface area contributed by atoms with E-state index in [0.717, 1.165) is 0 Å². The molecule has 1 aliphatic rings. The number of aromatic nitrogens is 1. The molecule has 0 spiro atoms. The third-order valence-electron chi connectivity index (χ3n) is 4.33. The Balaban J connectivity index is 2.03. The number of carbonyl (C=O) groups excluding carboxylic acids is 3. The van der Waals surface area contributed by atoms with Crippen molar-refractivity contribution in [2.75, 3.05) is 37.8 Å². The molecule has 0 unspecified atom stereocenters. The van der Waals surface area contributed by atoms with Crippen molar-refractivity contribution in [3.63, 3.8) is 0 Å². The van der Waals surface area contributed by atoms with Gasteiger partial charge in [-0.05, 0) is 24.6 Å². The van der Waals surface area contributed by atoms with Crippen LogP contribution in [0.1, 0.15) is 15.9 Å². The number of carbonyl (C=O) groups is 3. The molecular weight excluding hydrogens is 398 g/mol. The van der Waals surface area contributed by atoms with Crippen molar-refractivity contribution in [1.82, 2.24) is 4.98 Å². The Bertz CT molecular complexity index is 970. The standard InChI is InChI=1S/C19H19N3O6S/c1-11-12(16(23)21-19-20-7-8-29-19)5-4-6-14(11)22-10-28-9-13(17(24)26-2)15(22)18(25)27-3/h4-8H,9-10H2,1-3H3,(H,20,21,23). The van der Waals surface area contributed by atoms with Crippen molar-refractivity contribution in [3.8, 4) is 0 Å². The second-order valence-corrected chi connectivity index (χ2v) is 6.85. The highest BCUT2D eigenvalue weighted by Gasteiger charge is 2.33. The average Bonchev–Trinajstić information content (AvgIpc) is 3.25. The van der Waals surface area contributed by atoms with Gasteiger partial charge in [-0.3, -0.25) is 10.1 Å². The van der Waals surface area contributed by atoms with Crippen LogP contribution in [0.15, 0.2) is 41.0 Å². The largest absolute Gasteiger partial charge is 0.466 e. The highest BCUT2D eigenvalue weighted by atomic mass is 32.1. The van der Waals surface area contributed by atoms with Gasteiger partial charge in [0.15, 0.2) is 5.13 Å². The van der Waals surface area contributed by atoms with E-state index < -0.39 is 11.9 Å². The van der Waals surface area contributed by atoms with Gasteiger partial charge in [-0.1, -0.05) is 6.07 Å². The molecule has 0 aliphatic carbocycles. The van der Waals surface area contributed by atoms with Crippen LogP contribution in [0, 0.1) is 6.92 Å². The van der Waals surface area contributed by atoms with Gasteiger partial charge in [-0.15, -0.1) is 11.3 Å². The maximum absolute atomic E-state index is 12.7. The summed E-state index contributed by atoms with van der Waals surface area (Å²) >= 11 is 1.30. The summed E-state index contributed by atoms with van der Waals surface area (Å²) in [6, 6.07) is 5.07. The summed E-state index contributed by atoms with van der Waals surface area (Å²) < 4.78 is 15.1. The summed E-state index contributed by atoms with van der Waals surface area (Å²) in [6.45, 7) is 1.66. The van der Waals surface area contributed by atoms with Crippen molar-refractivity contribution in [1.29, 1.82) is 0 Å². The van der Waals surface area contributed by atoms with Crippen molar-refractivity contribution in [2.24, 2.45) is 0 Å². The van der Waals surface area contributed by atoms with Crippen molar-refractivity contribution in [2.45, 2.75) is 6.92 Å². The Hall–Kier alpha value is -3.24. The van der Waals surface area contributed by atoms with Crippen LogP contribution in [-0.4, -0.2) is 50.4 Å². The van der Waals surface area contributed by atoms with Gasteiger partial charge in [0.1, 0.15) is 12.4 Å². The molecule has 1 aliphatic heterocycles. The van der Waals surface area contributed by atoms with Crippen molar-refractivity contribution >= 4 is 40.0 Å². The van der Waals surface area contributed by atoms with E-state index in [4.69, 9.17) is 14.2 Å². The van der Waals surface area contributed by atoms with Crippen molar-refractivity contribution < 1.29 is 28.6 Å². The third-order valence-corrected chi connectivity index (χ3v) is 5.02. The molecule has 0 radical (unpaired) electrons.